The van der Waals surface area contributed by atoms with Crippen LogP contribution < -0.4 is 0 Å². The molecule has 0 amide bonds. The number of halogens is 3. The molecule has 0 saturated carbocycles. The summed E-state index contributed by atoms with van der Waals surface area (Å²) in [5.41, 5.74) is 2.37. The molecule has 126 valence electrons. The minimum absolute atomic E-state index is 0.00218. The molecule has 0 nitrogen and oxygen atoms in total. The van der Waals surface area contributed by atoms with E-state index in [0.717, 1.165) is 5.56 Å². The molecule has 0 saturated heterocycles. The quantitative estimate of drug-likeness (QED) is 0.473. The molecule has 3 aromatic carbocycles. The van der Waals surface area contributed by atoms with E-state index in [1.807, 2.05) is 6.07 Å². The molecule has 25 heavy (non-hydrogen) atoms. The Morgan fingerprint density at radius 2 is 1.40 bits per heavy atom. The third-order valence-corrected chi connectivity index (χ3v) is 3.98. The van der Waals surface area contributed by atoms with Crippen molar-refractivity contribution in [2.45, 2.75) is 12.6 Å². The van der Waals surface area contributed by atoms with E-state index < -0.39 is 12.0 Å². The van der Waals surface area contributed by atoms with Gasteiger partial charge in [0.25, 0.3) is 0 Å². The summed E-state index contributed by atoms with van der Waals surface area (Å²) in [6.07, 6.45) is 2.27. The van der Waals surface area contributed by atoms with Crippen molar-refractivity contribution in [3.63, 3.8) is 0 Å². The van der Waals surface area contributed by atoms with E-state index >= 15 is 0 Å². The fourth-order valence-electron chi connectivity index (χ4n) is 2.57. The average Bonchev–Trinajstić information content (AvgIpc) is 2.64. The molecule has 0 fully saturated rings. The summed E-state index contributed by atoms with van der Waals surface area (Å²) in [5.74, 6) is -0.730. The molecule has 0 aromatic heterocycles. The first-order valence-corrected chi connectivity index (χ1v) is 8.03. The van der Waals surface area contributed by atoms with Crippen molar-refractivity contribution < 1.29 is 13.2 Å². The molecule has 0 N–H and O–H groups in total. The maximum atomic E-state index is 14.3. The van der Waals surface area contributed by atoms with Gasteiger partial charge in [-0.05, 0) is 40.5 Å². The third kappa shape index (κ3) is 4.60. The van der Waals surface area contributed by atoms with Crippen molar-refractivity contribution in [2.75, 3.05) is 0 Å². The van der Waals surface area contributed by atoms with Gasteiger partial charge in [-0.1, -0.05) is 66.7 Å². The Labute approximate surface area is 145 Å². The normalized spacial score (nSPS) is 12.4. The first-order chi connectivity index (χ1) is 12.1. The Morgan fingerprint density at radius 3 is 2.08 bits per heavy atom. The van der Waals surface area contributed by atoms with Crippen LogP contribution in [0, 0.1) is 11.6 Å². The monoisotopic (exact) mass is 338 g/mol. The Bertz CT molecular complexity index is 852. The molecule has 0 aliphatic rings. The average molecular weight is 338 g/mol. The van der Waals surface area contributed by atoms with Gasteiger partial charge < -0.3 is 0 Å². The van der Waals surface area contributed by atoms with Crippen LogP contribution >= 0.6 is 0 Å². The summed E-state index contributed by atoms with van der Waals surface area (Å²) in [6, 6.07) is 19.5. The Balaban J connectivity index is 1.71. The van der Waals surface area contributed by atoms with Crippen molar-refractivity contribution in [3.05, 3.63) is 107 Å². The predicted octanol–water partition coefficient (Wildman–Crippen LogP) is 6.39. The van der Waals surface area contributed by atoms with E-state index in [9.17, 15) is 13.2 Å². The van der Waals surface area contributed by atoms with Crippen LogP contribution in [0.25, 0.3) is 12.2 Å². The molecule has 3 heteroatoms. The van der Waals surface area contributed by atoms with Crippen LogP contribution in [0.3, 0.4) is 0 Å². The highest BCUT2D eigenvalue weighted by atomic mass is 19.1. The van der Waals surface area contributed by atoms with Gasteiger partial charge in [-0.15, -0.1) is 0 Å². The highest BCUT2D eigenvalue weighted by Crippen LogP contribution is 2.24. The Kier molecular flexibility index (Phi) is 5.34. The highest BCUT2D eigenvalue weighted by molar-refractivity contribution is 5.69. The van der Waals surface area contributed by atoms with Crippen molar-refractivity contribution >= 4 is 12.2 Å². The second-order valence-electron chi connectivity index (χ2n) is 5.82. The zero-order valence-electron chi connectivity index (χ0n) is 13.5. The lowest BCUT2D eigenvalue weighted by Crippen LogP contribution is -1.99. The zero-order valence-corrected chi connectivity index (χ0v) is 13.5. The largest absolute Gasteiger partial charge is 0.242 e. The summed E-state index contributed by atoms with van der Waals surface area (Å²) in [7, 11) is 0. The van der Waals surface area contributed by atoms with Gasteiger partial charge in [-0.25, -0.2) is 13.2 Å². The first kappa shape index (κ1) is 17.0. The SMILES string of the molecule is Fc1ccc(/C=C/c2ccc(CC(F)c3ccccc3)c(F)c2)cc1. The van der Waals surface area contributed by atoms with E-state index in [2.05, 4.69) is 0 Å². The lowest BCUT2D eigenvalue weighted by atomic mass is 10.0. The van der Waals surface area contributed by atoms with E-state index in [1.165, 1.54) is 18.2 Å². The fraction of sp³-hybridized carbons (Fsp3) is 0.0909. The van der Waals surface area contributed by atoms with Crippen LogP contribution in [0.2, 0.25) is 0 Å². The lowest BCUT2D eigenvalue weighted by molar-refractivity contribution is 0.338. The van der Waals surface area contributed by atoms with Crippen LogP contribution in [0.15, 0.2) is 72.8 Å². The molecule has 0 aliphatic heterocycles. The van der Waals surface area contributed by atoms with Crippen molar-refractivity contribution in [3.8, 4) is 0 Å². The fourth-order valence-corrected chi connectivity index (χ4v) is 2.57. The minimum Gasteiger partial charge on any atom is -0.242 e. The molecule has 0 bridgehead atoms. The maximum Gasteiger partial charge on any atom is 0.129 e. The number of alkyl halides is 1. The molecule has 3 aromatic rings. The number of hydrogen-bond donors (Lipinski definition) is 0. The van der Waals surface area contributed by atoms with Crippen LogP contribution in [0.4, 0.5) is 13.2 Å². The molecule has 1 unspecified atom stereocenters. The molecular formula is C22H17F3. The molecule has 0 radical (unpaired) electrons. The van der Waals surface area contributed by atoms with Crippen LogP contribution in [0.5, 0.6) is 0 Å². The molecular weight excluding hydrogens is 321 g/mol. The molecule has 3 rings (SSSR count). The van der Waals surface area contributed by atoms with E-state index in [-0.39, 0.29) is 12.2 Å². The van der Waals surface area contributed by atoms with E-state index in [1.54, 1.807) is 60.7 Å². The van der Waals surface area contributed by atoms with Crippen LogP contribution in [-0.4, -0.2) is 0 Å². The molecule has 0 spiro atoms. The second kappa shape index (κ2) is 7.84. The third-order valence-electron chi connectivity index (χ3n) is 3.98. The van der Waals surface area contributed by atoms with Crippen molar-refractivity contribution in [1.82, 2.24) is 0 Å². The molecule has 0 aliphatic carbocycles. The Morgan fingerprint density at radius 1 is 0.760 bits per heavy atom. The first-order valence-electron chi connectivity index (χ1n) is 8.03. The lowest BCUT2D eigenvalue weighted by Gasteiger charge is -2.10. The van der Waals surface area contributed by atoms with Gasteiger partial charge in [-0.3, -0.25) is 0 Å². The van der Waals surface area contributed by atoms with Crippen LogP contribution in [-0.2, 0) is 6.42 Å². The topological polar surface area (TPSA) is 0 Å². The van der Waals surface area contributed by atoms with Gasteiger partial charge in [-0.2, -0.15) is 0 Å². The molecule has 0 heterocycles. The van der Waals surface area contributed by atoms with E-state index in [0.29, 0.717) is 16.7 Å². The highest BCUT2D eigenvalue weighted by Gasteiger charge is 2.13. The summed E-state index contributed by atoms with van der Waals surface area (Å²) < 4.78 is 41.4. The summed E-state index contributed by atoms with van der Waals surface area (Å²) in [6.45, 7) is 0. The van der Waals surface area contributed by atoms with Gasteiger partial charge in [0.1, 0.15) is 17.8 Å². The summed E-state index contributed by atoms with van der Waals surface area (Å²) >= 11 is 0. The minimum atomic E-state index is -1.24. The summed E-state index contributed by atoms with van der Waals surface area (Å²) in [5, 5.41) is 0. The number of rotatable bonds is 5. The summed E-state index contributed by atoms with van der Waals surface area (Å²) in [4.78, 5) is 0. The van der Waals surface area contributed by atoms with Gasteiger partial charge in [0.2, 0.25) is 0 Å². The van der Waals surface area contributed by atoms with Gasteiger partial charge in [0, 0.05) is 6.42 Å². The second-order valence-corrected chi connectivity index (χ2v) is 5.82. The molecule has 1 atom stereocenters. The van der Waals surface area contributed by atoms with Gasteiger partial charge >= 0.3 is 0 Å². The van der Waals surface area contributed by atoms with Crippen molar-refractivity contribution in [1.29, 1.82) is 0 Å². The predicted molar refractivity (Wildman–Crippen MR) is 95.7 cm³/mol. The van der Waals surface area contributed by atoms with Gasteiger partial charge in [0.05, 0.1) is 0 Å². The zero-order chi connectivity index (χ0) is 17.6. The van der Waals surface area contributed by atoms with Crippen molar-refractivity contribution in [2.24, 2.45) is 0 Å². The standard InChI is InChI=1S/C22H17F3/c23-20-12-9-16(10-13-20)6-7-17-8-11-19(21(24)14-17)15-22(25)18-4-2-1-3-5-18/h1-14,22H,15H2/b7-6+. The Hall–Kier alpha value is -2.81. The van der Waals surface area contributed by atoms with Crippen LogP contribution in [0.1, 0.15) is 28.4 Å². The van der Waals surface area contributed by atoms with Gasteiger partial charge in [0.15, 0.2) is 0 Å². The smallest absolute Gasteiger partial charge is 0.129 e. The number of hydrogen-bond acceptors (Lipinski definition) is 0. The number of benzene rings is 3. The maximum absolute atomic E-state index is 14.3. The van der Waals surface area contributed by atoms with E-state index in [4.69, 9.17) is 0 Å².